The van der Waals surface area contributed by atoms with Crippen molar-refractivity contribution >= 4 is 45.0 Å². The molecule has 114 valence electrons. The molecule has 2 aromatic rings. The molecule has 0 aliphatic carbocycles. The van der Waals surface area contributed by atoms with E-state index in [-0.39, 0.29) is 23.0 Å². The number of nitro benzene ring substituents is 1. The summed E-state index contributed by atoms with van der Waals surface area (Å²) < 4.78 is 5.45. The molecule has 0 bridgehead atoms. The fraction of sp³-hybridized carbons (Fsp3) is 0.0714. The number of anilines is 1. The number of rotatable bonds is 4. The Morgan fingerprint density at radius 1 is 1.32 bits per heavy atom. The summed E-state index contributed by atoms with van der Waals surface area (Å²) in [5.74, 6) is 0. The van der Waals surface area contributed by atoms with Crippen LogP contribution in [0.1, 0.15) is 5.56 Å². The van der Waals surface area contributed by atoms with E-state index < -0.39 is 11.0 Å². The lowest BCUT2D eigenvalue weighted by Gasteiger charge is -2.09. The Hall–Kier alpha value is -2.12. The highest BCUT2D eigenvalue weighted by Gasteiger charge is 2.21. The first-order valence-electron chi connectivity index (χ1n) is 6.08. The van der Waals surface area contributed by atoms with E-state index in [1.807, 2.05) is 18.2 Å². The summed E-state index contributed by atoms with van der Waals surface area (Å²) in [6.45, 7) is 0.0502. The molecule has 8 heteroatoms. The van der Waals surface area contributed by atoms with Gasteiger partial charge < -0.3 is 4.74 Å². The number of benzene rings is 2. The number of nitro groups is 1. The van der Waals surface area contributed by atoms with Crippen molar-refractivity contribution in [2.45, 2.75) is 6.61 Å². The van der Waals surface area contributed by atoms with Gasteiger partial charge in [-0.25, -0.2) is 4.79 Å². The van der Waals surface area contributed by atoms with Crippen LogP contribution in [-0.2, 0) is 11.3 Å². The summed E-state index contributed by atoms with van der Waals surface area (Å²) in [7, 11) is 0. The number of amides is 1. The molecule has 0 atom stereocenters. The number of nitrogens with zero attached hydrogens (tertiary/aromatic N) is 1. The highest BCUT2D eigenvalue weighted by Crippen LogP contribution is 2.35. The molecule has 0 unspecified atom stereocenters. The summed E-state index contributed by atoms with van der Waals surface area (Å²) in [6.07, 6.45) is -0.823. The van der Waals surface area contributed by atoms with Crippen molar-refractivity contribution in [3.8, 4) is 0 Å². The SMILES string of the molecule is O=C(Nc1c(Cl)cc(Br)cc1[N+](=O)[O-])OCc1ccccc1. The minimum absolute atomic E-state index is 0.0396. The van der Waals surface area contributed by atoms with E-state index in [9.17, 15) is 14.9 Å². The van der Waals surface area contributed by atoms with Crippen molar-refractivity contribution in [1.29, 1.82) is 0 Å². The zero-order valence-corrected chi connectivity index (χ0v) is 13.4. The number of carbonyl (C=O) groups excluding carboxylic acids is 1. The third kappa shape index (κ3) is 4.19. The average molecular weight is 386 g/mol. The Kier molecular flexibility index (Phi) is 5.35. The highest BCUT2D eigenvalue weighted by atomic mass is 79.9. The third-order valence-electron chi connectivity index (χ3n) is 2.67. The van der Waals surface area contributed by atoms with Gasteiger partial charge in [0.05, 0.1) is 9.95 Å². The minimum Gasteiger partial charge on any atom is -0.444 e. The van der Waals surface area contributed by atoms with E-state index in [0.29, 0.717) is 4.47 Å². The number of hydrogen-bond acceptors (Lipinski definition) is 4. The predicted molar refractivity (Wildman–Crippen MR) is 86.1 cm³/mol. The van der Waals surface area contributed by atoms with E-state index in [1.165, 1.54) is 12.1 Å². The Balaban J connectivity index is 2.10. The summed E-state index contributed by atoms with van der Waals surface area (Å²) in [5.41, 5.74) is 0.373. The van der Waals surface area contributed by atoms with Crippen LogP contribution in [0.2, 0.25) is 5.02 Å². The average Bonchev–Trinajstić information content (AvgIpc) is 2.48. The molecule has 0 aliphatic heterocycles. The van der Waals surface area contributed by atoms with Crippen molar-refractivity contribution < 1.29 is 14.5 Å². The molecule has 2 rings (SSSR count). The third-order valence-corrected chi connectivity index (χ3v) is 3.43. The first kappa shape index (κ1) is 16.3. The van der Waals surface area contributed by atoms with Crippen LogP contribution in [0.3, 0.4) is 0 Å². The second kappa shape index (κ2) is 7.24. The van der Waals surface area contributed by atoms with Crippen LogP contribution in [0, 0.1) is 10.1 Å². The van der Waals surface area contributed by atoms with Crippen LogP contribution >= 0.6 is 27.5 Å². The standard InChI is InChI=1S/C14H10BrClN2O4/c15-10-6-11(16)13(12(7-10)18(20)21)17-14(19)22-8-9-4-2-1-3-5-9/h1-7H,8H2,(H,17,19). The van der Waals surface area contributed by atoms with Crippen molar-refractivity contribution in [2.75, 3.05) is 5.32 Å². The van der Waals surface area contributed by atoms with Gasteiger partial charge in [-0.3, -0.25) is 15.4 Å². The number of halogens is 2. The second-order valence-corrected chi connectivity index (χ2v) is 5.55. The molecule has 1 amide bonds. The fourth-order valence-corrected chi connectivity index (χ4v) is 2.53. The van der Waals surface area contributed by atoms with Gasteiger partial charge in [0.1, 0.15) is 12.3 Å². The molecule has 1 N–H and O–H groups in total. The molecule has 2 aromatic carbocycles. The summed E-state index contributed by atoms with van der Waals surface area (Å²) in [4.78, 5) is 22.2. The van der Waals surface area contributed by atoms with E-state index in [4.69, 9.17) is 16.3 Å². The summed E-state index contributed by atoms with van der Waals surface area (Å²) in [6, 6.07) is 11.7. The Morgan fingerprint density at radius 2 is 2.00 bits per heavy atom. The molecule has 0 saturated heterocycles. The smallest absolute Gasteiger partial charge is 0.412 e. The maximum absolute atomic E-state index is 11.8. The first-order valence-corrected chi connectivity index (χ1v) is 7.25. The van der Waals surface area contributed by atoms with E-state index >= 15 is 0 Å². The lowest BCUT2D eigenvalue weighted by Crippen LogP contribution is -2.15. The summed E-state index contributed by atoms with van der Waals surface area (Å²) >= 11 is 9.05. The predicted octanol–water partition coefficient (Wildman–Crippen LogP) is 4.76. The van der Waals surface area contributed by atoms with Gasteiger partial charge in [0, 0.05) is 10.5 Å². The normalized spacial score (nSPS) is 10.1. The summed E-state index contributed by atoms with van der Waals surface area (Å²) in [5, 5.41) is 13.4. The lowest BCUT2D eigenvalue weighted by atomic mass is 10.2. The molecule has 0 fully saturated rings. The minimum atomic E-state index is -0.823. The molecule has 0 heterocycles. The monoisotopic (exact) mass is 384 g/mol. The van der Waals surface area contributed by atoms with Crippen LogP contribution in [0.5, 0.6) is 0 Å². The zero-order chi connectivity index (χ0) is 16.1. The Bertz CT molecular complexity index is 709. The molecule has 0 saturated carbocycles. The van der Waals surface area contributed by atoms with Crippen LogP contribution in [-0.4, -0.2) is 11.0 Å². The molecular formula is C14H10BrClN2O4. The van der Waals surface area contributed by atoms with Gasteiger partial charge in [-0.2, -0.15) is 0 Å². The van der Waals surface area contributed by atoms with Gasteiger partial charge in [-0.1, -0.05) is 57.9 Å². The van der Waals surface area contributed by atoms with E-state index in [2.05, 4.69) is 21.2 Å². The largest absolute Gasteiger partial charge is 0.444 e. The van der Waals surface area contributed by atoms with Gasteiger partial charge in [-0.15, -0.1) is 0 Å². The van der Waals surface area contributed by atoms with Crippen molar-refractivity contribution in [3.63, 3.8) is 0 Å². The highest BCUT2D eigenvalue weighted by molar-refractivity contribution is 9.10. The van der Waals surface area contributed by atoms with Crippen molar-refractivity contribution in [1.82, 2.24) is 0 Å². The van der Waals surface area contributed by atoms with E-state index in [1.54, 1.807) is 12.1 Å². The van der Waals surface area contributed by atoms with Crippen molar-refractivity contribution in [2.24, 2.45) is 0 Å². The lowest BCUT2D eigenvalue weighted by molar-refractivity contribution is -0.384. The number of nitrogens with one attached hydrogen (secondary N) is 1. The molecule has 0 spiro atoms. The molecule has 0 aromatic heterocycles. The Labute approximate surface area is 139 Å². The van der Waals surface area contributed by atoms with Crippen LogP contribution in [0.15, 0.2) is 46.9 Å². The topological polar surface area (TPSA) is 81.5 Å². The van der Waals surface area contributed by atoms with Gasteiger partial charge in [0.2, 0.25) is 0 Å². The van der Waals surface area contributed by atoms with E-state index in [0.717, 1.165) is 5.56 Å². The molecule has 0 aliphatic rings. The molecule has 22 heavy (non-hydrogen) atoms. The maximum Gasteiger partial charge on any atom is 0.412 e. The van der Waals surface area contributed by atoms with Crippen LogP contribution in [0.25, 0.3) is 0 Å². The Morgan fingerprint density at radius 3 is 2.64 bits per heavy atom. The number of carbonyl (C=O) groups is 1. The van der Waals surface area contributed by atoms with Crippen molar-refractivity contribution in [3.05, 3.63) is 67.6 Å². The maximum atomic E-state index is 11.8. The van der Waals surface area contributed by atoms with Crippen LogP contribution in [0.4, 0.5) is 16.2 Å². The quantitative estimate of drug-likeness (QED) is 0.608. The number of hydrogen-bond donors (Lipinski definition) is 1. The molecule has 0 radical (unpaired) electrons. The fourth-order valence-electron chi connectivity index (χ4n) is 1.69. The van der Waals surface area contributed by atoms with Gasteiger partial charge in [-0.05, 0) is 11.6 Å². The number of ether oxygens (including phenoxy) is 1. The van der Waals surface area contributed by atoms with Gasteiger partial charge in [0.15, 0.2) is 0 Å². The van der Waals surface area contributed by atoms with Crippen LogP contribution < -0.4 is 5.32 Å². The zero-order valence-electron chi connectivity index (χ0n) is 11.1. The van der Waals surface area contributed by atoms with Gasteiger partial charge >= 0.3 is 6.09 Å². The molecule has 6 nitrogen and oxygen atoms in total. The first-order chi connectivity index (χ1) is 10.5. The second-order valence-electron chi connectivity index (χ2n) is 4.23. The molecular weight excluding hydrogens is 376 g/mol. The van der Waals surface area contributed by atoms with Gasteiger partial charge in [0.25, 0.3) is 5.69 Å².